The van der Waals surface area contributed by atoms with Crippen LogP contribution >= 0.6 is 11.3 Å². The molecule has 0 saturated heterocycles. The van der Waals surface area contributed by atoms with Gasteiger partial charge in [-0.05, 0) is 44.2 Å². The van der Waals surface area contributed by atoms with E-state index in [-0.39, 0.29) is 11.9 Å². The van der Waals surface area contributed by atoms with Crippen LogP contribution in [-0.2, 0) is 0 Å². The second-order valence-electron chi connectivity index (χ2n) is 5.71. The lowest BCUT2D eigenvalue weighted by Crippen LogP contribution is -2.26. The molecule has 1 atom stereocenters. The smallest absolute Gasteiger partial charge is 0.263 e. The normalized spacial score (nSPS) is 11.8. The molecule has 0 radical (unpaired) electrons. The molecule has 136 valence electrons. The summed E-state index contributed by atoms with van der Waals surface area (Å²) in [7, 11) is 3.18. The van der Waals surface area contributed by atoms with Gasteiger partial charge in [-0.3, -0.25) is 4.79 Å². The molecule has 2 aromatic heterocycles. The van der Waals surface area contributed by atoms with Crippen LogP contribution in [0.2, 0.25) is 0 Å². The molecule has 0 bridgehead atoms. The lowest BCUT2D eigenvalue weighted by Gasteiger charge is -2.10. The summed E-state index contributed by atoms with van der Waals surface area (Å²) in [5.74, 6) is 1.81. The molecule has 2 heterocycles. The minimum atomic E-state index is -0.219. The third-order valence-electron chi connectivity index (χ3n) is 3.95. The molecule has 1 N–H and O–H groups in total. The minimum Gasteiger partial charge on any atom is -0.493 e. The minimum absolute atomic E-state index is 0.171. The Morgan fingerprint density at radius 3 is 2.65 bits per heavy atom. The van der Waals surface area contributed by atoms with Gasteiger partial charge in [0, 0.05) is 5.56 Å². The van der Waals surface area contributed by atoms with Crippen LogP contribution in [0.15, 0.2) is 41.0 Å². The van der Waals surface area contributed by atoms with Crippen LogP contribution in [0.25, 0.3) is 10.6 Å². The number of aromatic nitrogens is 1. The predicted octanol–water partition coefficient (Wildman–Crippen LogP) is 4.22. The number of nitrogens with one attached hydrogen (secondary N) is 1. The molecule has 0 aliphatic heterocycles. The number of hydrogen-bond donors (Lipinski definition) is 1. The van der Waals surface area contributed by atoms with E-state index in [0.717, 1.165) is 10.6 Å². The molecule has 1 amide bonds. The number of thiazole rings is 1. The zero-order valence-corrected chi connectivity index (χ0v) is 15.8. The standard InChI is InChI=1S/C19H20N2O4S/c1-11(14-6-5-9-25-14)20-18(22)17-12(2)21-19(26-17)13-7-8-15(23-3)16(10-13)24-4/h5-11H,1-4H3,(H,20,22). The van der Waals surface area contributed by atoms with Crippen molar-refractivity contribution in [2.75, 3.05) is 14.2 Å². The summed E-state index contributed by atoms with van der Waals surface area (Å²) in [6, 6.07) is 8.98. The highest BCUT2D eigenvalue weighted by molar-refractivity contribution is 7.17. The Morgan fingerprint density at radius 1 is 1.23 bits per heavy atom. The fraction of sp³-hybridized carbons (Fsp3) is 0.263. The van der Waals surface area contributed by atoms with Gasteiger partial charge in [-0.1, -0.05) is 0 Å². The van der Waals surface area contributed by atoms with Crippen molar-refractivity contribution in [3.05, 3.63) is 52.9 Å². The zero-order chi connectivity index (χ0) is 18.7. The summed E-state index contributed by atoms with van der Waals surface area (Å²) >= 11 is 1.34. The third kappa shape index (κ3) is 3.57. The fourth-order valence-electron chi connectivity index (χ4n) is 2.57. The third-order valence-corrected chi connectivity index (χ3v) is 5.16. The van der Waals surface area contributed by atoms with E-state index in [0.29, 0.717) is 27.8 Å². The molecule has 3 aromatic rings. The Hall–Kier alpha value is -2.80. The van der Waals surface area contributed by atoms with E-state index in [1.165, 1.54) is 11.3 Å². The van der Waals surface area contributed by atoms with E-state index in [1.807, 2.05) is 38.1 Å². The van der Waals surface area contributed by atoms with Crippen LogP contribution in [0, 0.1) is 6.92 Å². The Labute approximate surface area is 155 Å². The van der Waals surface area contributed by atoms with Gasteiger partial charge >= 0.3 is 0 Å². The Bertz CT molecular complexity index is 902. The van der Waals surface area contributed by atoms with Crippen LogP contribution < -0.4 is 14.8 Å². The van der Waals surface area contributed by atoms with Gasteiger partial charge in [-0.15, -0.1) is 11.3 Å². The van der Waals surface area contributed by atoms with Gasteiger partial charge in [0.15, 0.2) is 11.5 Å². The molecule has 7 heteroatoms. The molecule has 6 nitrogen and oxygen atoms in total. The SMILES string of the molecule is COc1ccc(-c2nc(C)c(C(=O)NC(C)c3ccco3)s2)cc1OC. The molecule has 26 heavy (non-hydrogen) atoms. The fourth-order valence-corrected chi connectivity index (χ4v) is 3.54. The predicted molar refractivity (Wildman–Crippen MR) is 100.0 cm³/mol. The summed E-state index contributed by atoms with van der Waals surface area (Å²) in [5.41, 5.74) is 1.55. The van der Waals surface area contributed by atoms with E-state index in [9.17, 15) is 4.79 Å². The van der Waals surface area contributed by atoms with E-state index >= 15 is 0 Å². The first-order valence-electron chi connectivity index (χ1n) is 8.07. The quantitative estimate of drug-likeness (QED) is 0.701. The number of amides is 1. The van der Waals surface area contributed by atoms with Gasteiger partial charge in [0.2, 0.25) is 0 Å². The highest BCUT2D eigenvalue weighted by Gasteiger charge is 2.20. The maximum Gasteiger partial charge on any atom is 0.263 e. The number of methoxy groups -OCH3 is 2. The summed E-state index contributed by atoms with van der Waals surface area (Å²) in [4.78, 5) is 17.7. The van der Waals surface area contributed by atoms with Gasteiger partial charge in [-0.2, -0.15) is 0 Å². The number of aryl methyl sites for hydroxylation is 1. The van der Waals surface area contributed by atoms with Gasteiger partial charge in [0.1, 0.15) is 15.6 Å². The molecule has 0 saturated carbocycles. The lowest BCUT2D eigenvalue weighted by atomic mass is 10.2. The highest BCUT2D eigenvalue weighted by atomic mass is 32.1. The molecule has 1 aromatic carbocycles. The van der Waals surface area contributed by atoms with Crippen LogP contribution in [0.1, 0.15) is 34.1 Å². The second-order valence-corrected chi connectivity index (χ2v) is 6.71. The van der Waals surface area contributed by atoms with E-state index in [2.05, 4.69) is 10.3 Å². The maximum absolute atomic E-state index is 12.6. The first-order valence-corrected chi connectivity index (χ1v) is 8.89. The van der Waals surface area contributed by atoms with Gasteiger partial charge in [-0.25, -0.2) is 4.98 Å². The van der Waals surface area contributed by atoms with Crippen LogP contribution in [0.3, 0.4) is 0 Å². The van der Waals surface area contributed by atoms with Crippen molar-refractivity contribution in [3.63, 3.8) is 0 Å². The Kier molecular flexibility index (Phi) is 5.27. The first kappa shape index (κ1) is 18.0. The van der Waals surface area contributed by atoms with Crippen molar-refractivity contribution in [1.29, 1.82) is 0 Å². The number of hydrogen-bond acceptors (Lipinski definition) is 6. The summed E-state index contributed by atoms with van der Waals surface area (Å²) in [5, 5.41) is 3.69. The van der Waals surface area contributed by atoms with E-state index in [1.54, 1.807) is 26.5 Å². The molecule has 1 unspecified atom stereocenters. The van der Waals surface area contributed by atoms with E-state index in [4.69, 9.17) is 13.9 Å². The summed E-state index contributed by atoms with van der Waals surface area (Å²) in [6.45, 7) is 3.70. The van der Waals surface area contributed by atoms with Gasteiger partial charge < -0.3 is 19.2 Å². The molecule has 0 aliphatic rings. The summed E-state index contributed by atoms with van der Waals surface area (Å²) in [6.07, 6.45) is 1.59. The van der Waals surface area contributed by atoms with Crippen LogP contribution in [0.5, 0.6) is 11.5 Å². The molecular weight excluding hydrogens is 352 g/mol. The zero-order valence-electron chi connectivity index (χ0n) is 15.0. The molecule has 0 aliphatic carbocycles. The number of carbonyl (C=O) groups is 1. The van der Waals surface area contributed by atoms with Crippen molar-refractivity contribution >= 4 is 17.2 Å². The largest absolute Gasteiger partial charge is 0.493 e. The van der Waals surface area contributed by atoms with Crippen molar-refractivity contribution in [3.8, 4) is 22.1 Å². The number of rotatable bonds is 6. The number of ether oxygens (including phenoxy) is 2. The molecule has 0 spiro atoms. The average molecular weight is 372 g/mol. The van der Waals surface area contributed by atoms with Gasteiger partial charge in [0.05, 0.1) is 32.2 Å². The van der Waals surface area contributed by atoms with E-state index < -0.39 is 0 Å². The highest BCUT2D eigenvalue weighted by Crippen LogP contribution is 2.35. The number of nitrogens with zero attached hydrogens (tertiary/aromatic N) is 1. The van der Waals surface area contributed by atoms with Crippen LogP contribution in [-0.4, -0.2) is 25.1 Å². The first-order chi connectivity index (χ1) is 12.5. The Balaban J connectivity index is 1.84. The van der Waals surface area contributed by atoms with Crippen LogP contribution in [0.4, 0.5) is 0 Å². The number of furan rings is 1. The maximum atomic E-state index is 12.6. The monoisotopic (exact) mass is 372 g/mol. The molecule has 0 fully saturated rings. The van der Waals surface area contributed by atoms with Crippen molar-refractivity contribution in [2.24, 2.45) is 0 Å². The van der Waals surface area contributed by atoms with Crippen molar-refractivity contribution < 1.29 is 18.7 Å². The van der Waals surface area contributed by atoms with Crippen molar-refractivity contribution in [2.45, 2.75) is 19.9 Å². The number of benzene rings is 1. The van der Waals surface area contributed by atoms with Gasteiger partial charge in [0.25, 0.3) is 5.91 Å². The molecular formula is C19H20N2O4S. The molecule has 3 rings (SSSR count). The Morgan fingerprint density at radius 2 is 2.00 bits per heavy atom. The average Bonchev–Trinajstić information content (AvgIpc) is 3.30. The summed E-state index contributed by atoms with van der Waals surface area (Å²) < 4.78 is 15.9. The second kappa shape index (κ2) is 7.61. The van der Waals surface area contributed by atoms with Crippen molar-refractivity contribution in [1.82, 2.24) is 10.3 Å². The lowest BCUT2D eigenvalue weighted by molar-refractivity contribution is 0.0938. The number of carbonyl (C=O) groups excluding carboxylic acids is 1. The topological polar surface area (TPSA) is 73.6 Å².